The van der Waals surface area contributed by atoms with Gasteiger partial charge in [-0.3, -0.25) is 4.90 Å². The first-order chi connectivity index (χ1) is 6.26. The number of aliphatic hydroxyl groups is 1. The number of hydrogen-bond acceptors (Lipinski definition) is 2. The predicted octanol–water partition coefficient (Wildman–Crippen LogP) is 2.62. The first-order valence-corrected chi connectivity index (χ1v) is 5.68. The molecule has 0 saturated carbocycles. The van der Waals surface area contributed by atoms with E-state index in [1.54, 1.807) is 0 Å². The molecule has 0 saturated heterocycles. The molecule has 0 bridgehead atoms. The lowest BCUT2D eigenvalue weighted by molar-refractivity contribution is -0.000435. The molecule has 0 spiro atoms. The Morgan fingerprint density at radius 2 is 1.46 bits per heavy atom. The minimum Gasteiger partial charge on any atom is -0.378 e. The van der Waals surface area contributed by atoms with Crippen LogP contribution >= 0.6 is 0 Å². The summed E-state index contributed by atoms with van der Waals surface area (Å²) in [6, 6.07) is 0. The minimum absolute atomic E-state index is 0.224. The van der Waals surface area contributed by atoms with Gasteiger partial charge < -0.3 is 5.11 Å². The van der Waals surface area contributed by atoms with Gasteiger partial charge in [-0.15, -0.1) is 0 Å². The van der Waals surface area contributed by atoms with E-state index in [-0.39, 0.29) is 6.23 Å². The Morgan fingerprint density at radius 3 is 1.77 bits per heavy atom. The molecule has 0 aromatic rings. The molecule has 0 aliphatic carbocycles. The van der Waals surface area contributed by atoms with E-state index in [1.165, 1.54) is 25.7 Å². The molecule has 1 N–H and O–H groups in total. The van der Waals surface area contributed by atoms with E-state index in [0.717, 1.165) is 19.5 Å². The third kappa shape index (κ3) is 6.05. The standard InChI is InChI=1S/C11H25NO/c1-4-7-9-12(10-8-5-2)11(13)6-3/h11,13H,4-10H2,1-3H3. The fourth-order valence-electron chi connectivity index (χ4n) is 1.39. The maximum atomic E-state index is 9.70. The van der Waals surface area contributed by atoms with Gasteiger partial charge in [0.15, 0.2) is 0 Å². The maximum Gasteiger partial charge on any atom is 0.107 e. The van der Waals surface area contributed by atoms with Gasteiger partial charge in [-0.25, -0.2) is 0 Å². The van der Waals surface area contributed by atoms with E-state index in [2.05, 4.69) is 18.7 Å². The highest BCUT2D eigenvalue weighted by Gasteiger charge is 2.11. The second-order valence-electron chi connectivity index (χ2n) is 3.63. The SMILES string of the molecule is CCCCN(CCCC)C(O)CC. The van der Waals surface area contributed by atoms with Crippen LogP contribution in [0.15, 0.2) is 0 Å². The van der Waals surface area contributed by atoms with Gasteiger partial charge in [0, 0.05) is 13.1 Å². The molecule has 80 valence electrons. The summed E-state index contributed by atoms with van der Waals surface area (Å²) < 4.78 is 0. The van der Waals surface area contributed by atoms with Crippen molar-refractivity contribution in [2.45, 2.75) is 59.1 Å². The molecule has 13 heavy (non-hydrogen) atoms. The molecule has 0 fully saturated rings. The maximum absolute atomic E-state index is 9.70. The van der Waals surface area contributed by atoms with Gasteiger partial charge in [0.05, 0.1) is 0 Å². The highest BCUT2D eigenvalue weighted by atomic mass is 16.3. The second-order valence-corrected chi connectivity index (χ2v) is 3.63. The average molecular weight is 187 g/mol. The van der Waals surface area contributed by atoms with Crippen LogP contribution in [0.3, 0.4) is 0 Å². The van der Waals surface area contributed by atoms with Crippen LogP contribution in [0.25, 0.3) is 0 Å². The molecule has 2 heteroatoms. The zero-order valence-corrected chi connectivity index (χ0v) is 9.42. The lowest BCUT2D eigenvalue weighted by Crippen LogP contribution is -2.36. The lowest BCUT2D eigenvalue weighted by atomic mass is 10.2. The second kappa shape index (κ2) is 8.52. The highest BCUT2D eigenvalue weighted by molar-refractivity contribution is 4.60. The van der Waals surface area contributed by atoms with Gasteiger partial charge in [0.25, 0.3) is 0 Å². The normalized spacial score (nSPS) is 13.6. The monoisotopic (exact) mass is 187 g/mol. The van der Waals surface area contributed by atoms with Crippen molar-refractivity contribution in [2.24, 2.45) is 0 Å². The van der Waals surface area contributed by atoms with Crippen LogP contribution in [0.4, 0.5) is 0 Å². The Labute approximate surface area is 82.9 Å². The molecular formula is C11H25NO. The lowest BCUT2D eigenvalue weighted by Gasteiger charge is -2.26. The van der Waals surface area contributed by atoms with Crippen molar-refractivity contribution in [1.29, 1.82) is 0 Å². The smallest absolute Gasteiger partial charge is 0.107 e. The first-order valence-electron chi connectivity index (χ1n) is 5.68. The zero-order valence-electron chi connectivity index (χ0n) is 9.42. The number of rotatable bonds is 8. The summed E-state index contributed by atoms with van der Waals surface area (Å²) in [5.74, 6) is 0. The van der Waals surface area contributed by atoms with Crippen molar-refractivity contribution in [3.05, 3.63) is 0 Å². The largest absolute Gasteiger partial charge is 0.378 e. The van der Waals surface area contributed by atoms with Crippen LogP contribution < -0.4 is 0 Å². The van der Waals surface area contributed by atoms with E-state index in [9.17, 15) is 5.11 Å². The Morgan fingerprint density at radius 1 is 1.00 bits per heavy atom. The molecule has 0 aromatic carbocycles. The number of hydrogen-bond donors (Lipinski definition) is 1. The molecular weight excluding hydrogens is 162 g/mol. The van der Waals surface area contributed by atoms with Crippen molar-refractivity contribution in [3.63, 3.8) is 0 Å². The summed E-state index contributed by atoms with van der Waals surface area (Å²) in [5.41, 5.74) is 0. The summed E-state index contributed by atoms with van der Waals surface area (Å²) in [7, 11) is 0. The van der Waals surface area contributed by atoms with Crippen molar-refractivity contribution >= 4 is 0 Å². The van der Waals surface area contributed by atoms with Gasteiger partial charge >= 0.3 is 0 Å². The van der Waals surface area contributed by atoms with Crippen molar-refractivity contribution < 1.29 is 5.11 Å². The van der Waals surface area contributed by atoms with E-state index in [4.69, 9.17) is 0 Å². The van der Waals surface area contributed by atoms with E-state index < -0.39 is 0 Å². The number of aliphatic hydroxyl groups excluding tert-OH is 1. The van der Waals surface area contributed by atoms with Crippen LogP contribution in [0, 0.1) is 0 Å². The molecule has 0 aromatic heterocycles. The van der Waals surface area contributed by atoms with Gasteiger partial charge in [0.1, 0.15) is 6.23 Å². The summed E-state index contributed by atoms with van der Waals surface area (Å²) in [6.07, 6.45) is 5.42. The van der Waals surface area contributed by atoms with Gasteiger partial charge in [-0.05, 0) is 19.3 Å². The van der Waals surface area contributed by atoms with Crippen LogP contribution in [0.5, 0.6) is 0 Å². The molecule has 0 amide bonds. The Balaban J connectivity index is 3.72. The van der Waals surface area contributed by atoms with Crippen LogP contribution in [-0.2, 0) is 0 Å². The molecule has 0 rings (SSSR count). The van der Waals surface area contributed by atoms with Gasteiger partial charge in [-0.1, -0.05) is 33.6 Å². The summed E-state index contributed by atoms with van der Waals surface area (Å²) >= 11 is 0. The number of nitrogens with zero attached hydrogens (tertiary/aromatic N) is 1. The Hall–Kier alpha value is -0.0800. The molecule has 0 aliphatic rings. The topological polar surface area (TPSA) is 23.5 Å². The molecule has 0 aliphatic heterocycles. The third-order valence-electron chi connectivity index (χ3n) is 2.38. The van der Waals surface area contributed by atoms with E-state index in [0.29, 0.717) is 0 Å². The summed E-state index contributed by atoms with van der Waals surface area (Å²) in [4.78, 5) is 2.20. The summed E-state index contributed by atoms with van der Waals surface area (Å²) in [5, 5.41) is 9.70. The van der Waals surface area contributed by atoms with E-state index >= 15 is 0 Å². The zero-order chi connectivity index (χ0) is 10.1. The first kappa shape index (κ1) is 12.9. The Bertz CT molecular complexity index is 98.3. The molecule has 0 heterocycles. The molecule has 1 atom stereocenters. The summed E-state index contributed by atoms with van der Waals surface area (Å²) in [6.45, 7) is 8.51. The van der Waals surface area contributed by atoms with Crippen molar-refractivity contribution in [1.82, 2.24) is 4.90 Å². The van der Waals surface area contributed by atoms with Crippen LogP contribution in [0.2, 0.25) is 0 Å². The molecule has 2 nitrogen and oxygen atoms in total. The Kier molecular flexibility index (Phi) is 8.46. The quantitative estimate of drug-likeness (QED) is 0.590. The van der Waals surface area contributed by atoms with Gasteiger partial charge in [-0.2, -0.15) is 0 Å². The average Bonchev–Trinajstić information content (AvgIpc) is 2.17. The van der Waals surface area contributed by atoms with Crippen LogP contribution in [0.1, 0.15) is 52.9 Å². The van der Waals surface area contributed by atoms with Crippen molar-refractivity contribution in [2.75, 3.05) is 13.1 Å². The third-order valence-corrected chi connectivity index (χ3v) is 2.38. The van der Waals surface area contributed by atoms with E-state index in [1.807, 2.05) is 6.92 Å². The minimum atomic E-state index is -0.224. The molecule has 1 unspecified atom stereocenters. The fraction of sp³-hybridized carbons (Fsp3) is 1.00. The van der Waals surface area contributed by atoms with Gasteiger partial charge in [0.2, 0.25) is 0 Å². The predicted molar refractivity (Wildman–Crippen MR) is 57.7 cm³/mol. The highest BCUT2D eigenvalue weighted by Crippen LogP contribution is 2.05. The molecule has 0 radical (unpaired) electrons. The fourth-order valence-corrected chi connectivity index (χ4v) is 1.39. The van der Waals surface area contributed by atoms with Crippen molar-refractivity contribution in [3.8, 4) is 0 Å². The number of unbranched alkanes of at least 4 members (excludes halogenated alkanes) is 2. The van der Waals surface area contributed by atoms with Crippen LogP contribution in [-0.4, -0.2) is 29.3 Å².